The van der Waals surface area contributed by atoms with E-state index in [0.717, 1.165) is 29.7 Å². The molecule has 1 fully saturated rings. The predicted molar refractivity (Wildman–Crippen MR) is 90.3 cm³/mol. The van der Waals surface area contributed by atoms with Crippen LogP contribution in [0.25, 0.3) is 0 Å². The molecule has 0 aliphatic carbocycles. The first kappa shape index (κ1) is 16.3. The van der Waals surface area contributed by atoms with E-state index in [0.29, 0.717) is 13.1 Å². The lowest BCUT2D eigenvalue weighted by molar-refractivity contribution is -0.384. The predicted octanol–water partition coefficient (Wildman–Crippen LogP) is 3.17. The summed E-state index contributed by atoms with van der Waals surface area (Å²) >= 11 is 1.61. The number of amides is 2. The molecule has 9 heteroatoms. The minimum Gasteiger partial charge on any atom is -0.324 e. The number of carbonyl (C=O) groups is 1. The lowest BCUT2D eigenvalue weighted by Gasteiger charge is -2.31. The number of anilines is 1. The molecule has 3 heterocycles. The number of pyridine rings is 1. The molecule has 2 amide bonds. The third-order valence-electron chi connectivity index (χ3n) is 3.93. The lowest BCUT2D eigenvalue weighted by atomic mass is 9.99. The third kappa shape index (κ3) is 3.51. The molecular formula is C15H17N5O3S. The first-order valence-electron chi connectivity index (χ1n) is 7.61. The number of carbonyl (C=O) groups excluding carboxylic acids is 1. The van der Waals surface area contributed by atoms with E-state index in [9.17, 15) is 14.9 Å². The molecule has 24 heavy (non-hydrogen) atoms. The molecule has 1 N–H and O–H groups in total. The van der Waals surface area contributed by atoms with Crippen LogP contribution in [0.15, 0.2) is 23.8 Å². The molecule has 0 aromatic carbocycles. The number of aryl methyl sites for hydroxylation is 1. The molecule has 0 spiro atoms. The summed E-state index contributed by atoms with van der Waals surface area (Å²) in [6.07, 6.45) is 4.42. The van der Waals surface area contributed by atoms with Crippen LogP contribution in [0, 0.1) is 17.0 Å². The molecule has 8 nitrogen and oxygen atoms in total. The zero-order chi connectivity index (χ0) is 17.1. The van der Waals surface area contributed by atoms with Crippen LogP contribution in [0.4, 0.5) is 16.2 Å². The Bertz CT molecular complexity index is 763. The Labute approximate surface area is 142 Å². The highest BCUT2D eigenvalue weighted by atomic mass is 32.1. The maximum atomic E-state index is 12.5. The number of thiazole rings is 1. The fraction of sp³-hybridized carbons (Fsp3) is 0.400. The summed E-state index contributed by atoms with van der Waals surface area (Å²) in [6, 6.07) is 1.10. The maximum Gasteiger partial charge on any atom is 0.322 e. The van der Waals surface area contributed by atoms with Gasteiger partial charge in [-0.1, -0.05) is 0 Å². The Morgan fingerprint density at radius 3 is 3.08 bits per heavy atom. The Balaban J connectivity index is 1.70. The number of nitrogens with one attached hydrogen (secondary N) is 1. The van der Waals surface area contributed by atoms with Gasteiger partial charge < -0.3 is 10.2 Å². The smallest absolute Gasteiger partial charge is 0.322 e. The summed E-state index contributed by atoms with van der Waals surface area (Å²) < 4.78 is 0. The SMILES string of the molecule is Cc1csc(C2CCCN(C(=O)Nc3ccncc3[N+](=O)[O-])C2)n1. The molecule has 2 aromatic heterocycles. The number of nitro groups is 1. The molecular weight excluding hydrogens is 330 g/mol. The van der Waals surface area contributed by atoms with Gasteiger partial charge in [0.25, 0.3) is 0 Å². The highest BCUT2D eigenvalue weighted by Gasteiger charge is 2.27. The van der Waals surface area contributed by atoms with E-state index in [1.54, 1.807) is 16.2 Å². The molecule has 126 valence electrons. The molecule has 1 aliphatic rings. The van der Waals surface area contributed by atoms with E-state index in [-0.39, 0.29) is 23.3 Å². The molecule has 0 bridgehead atoms. The van der Waals surface area contributed by atoms with Gasteiger partial charge in [0.1, 0.15) is 11.9 Å². The summed E-state index contributed by atoms with van der Waals surface area (Å²) in [5.74, 6) is 0.218. The van der Waals surface area contributed by atoms with Crippen LogP contribution >= 0.6 is 11.3 Å². The highest BCUT2D eigenvalue weighted by molar-refractivity contribution is 7.09. The largest absolute Gasteiger partial charge is 0.324 e. The van der Waals surface area contributed by atoms with Gasteiger partial charge in [-0.15, -0.1) is 11.3 Å². The van der Waals surface area contributed by atoms with Gasteiger partial charge in [-0.25, -0.2) is 9.78 Å². The molecule has 2 aromatic rings. The second-order valence-electron chi connectivity index (χ2n) is 5.69. The Hall–Kier alpha value is -2.55. The van der Waals surface area contributed by atoms with Gasteiger partial charge in [0.15, 0.2) is 0 Å². The summed E-state index contributed by atoms with van der Waals surface area (Å²) in [5, 5.41) is 16.7. The summed E-state index contributed by atoms with van der Waals surface area (Å²) in [4.78, 5) is 32.9. The van der Waals surface area contributed by atoms with Crippen LogP contribution < -0.4 is 5.32 Å². The average Bonchev–Trinajstić information content (AvgIpc) is 3.02. The number of likely N-dealkylation sites (tertiary alicyclic amines) is 1. The molecule has 1 aliphatic heterocycles. The second-order valence-corrected chi connectivity index (χ2v) is 6.58. The van der Waals surface area contributed by atoms with E-state index in [1.807, 2.05) is 12.3 Å². The molecule has 1 saturated heterocycles. The van der Waals surface area contributed by atoms with Crippen molar-refractivity contribution in [2.75, 3.05) is 18.4 Å². The zero-order valence-electron chi connectivity index (χ0n) is 13.1. The van der Waals surface area contributed by atoms with E-state index >= 15 is 0 Å². The van der Waals surface area contributed by atoms with Crippen molar-refractivity contribution < 1.29 is 9.72 Å². The fourth-order valence-electron chi connectivity index (χ4n) is 2.75. The molecule has 0 radical (unpaired) electrons. The minimum absolute atomic E-state index is 0.159. The molecule has 1 unspecified atom stereocenters. The quantitative estimate of drug-likeness (QED) is 0.679. The Morgan fingerprint density at radius 1 is 1.54 bits per heavy atom. The highest BCUT2D eigenvalue weighted by Crippen LogP contribution is 2.30. The van der Waals surface area contributed by atoms with Crippen molar-refractivity contribution >= 4 is 28.7 Å². The van der Waals surface area contributed by atoms with Crippen LogP contribution in [0.2, 0.25) is 0 Å². The Morgan fingerprint density at radius 2 is 2.38 bits per heavy atom. The van der Waals surface area contributed by atoms with E-state index in [1.165, 1.54) is 12.3 Å². The van der Waals surface area contributed by atoms with Gasteiger partial charge in [0.2, 0.25) is 0 Å². The van der Waals surface area contributed by atoms with Crippen molar-refractivity contribution in [1.29, 1.82) is 0 Å². The number of urea groups is 1. The standard InChI is InChI=1S/C15H17N5O3S/c1-10-9-24-14(17-10)11-3-2-6-19(8-11)15(21)18-12-4-5-16-7-13(12)20(22)23/h4-5,7,9,11H,2-3,6,8H2,1H3,(H,16,18,21). The number of hydrogen-bond acceptors (Lipinski definition) is 6. The van der Waals surface area contributed by atoms with Gasteiger partial charge in [-0.2, -0.15) is 0 Å². The second kappa shape index (κ2) is 6.91. The number of rotatable bonds is 3. The van der Waals surface area contributed by atoms with Crippen molar-refractivity contribution in [2.24, 2.45) is 0 Å². The number of hydrogen-bond donors (Lipinski definition) is 1. The summed E-state index contributed by atoms with van der Waals surface area (Å²) in [5.41, 5.74) is 0.936. The van der Waals surface area contributed by atoms with Gasteiger partial charge in [0, 0.05) is 36.3 Å². The van der Waals surface area contributed by atoms with Crippen molar-refractivity contribution in [1.82, 2.24) is 14.9 Å². The molecule has 3 rings (SSSR count). The minimum atomic E-state index is -0.556. The van der Waals surface area contributed by atoms with Crippen molar-refractivity contribution in [3.8, 4) is 0 Å². The molecule has 0 saturated carbocycles. The van der Waals surface area contributed by atoms with Crippen molar-refractivity contribution in [3.05, 3.63) is 44.7 Å². The number of nitrogens with zero attached hydrogens (tertiary/aromatic N) is 4. The van der Waals surface area contributed by atoms with E-state index in [4.69, 9.17) is 0 Å². The van der Waals surface area contributed by atoms with Crippen LogP contribution in [-0.4, -0.2) is 38.9 Å². The van der Waals surface area contributed by atoms with E-state index < -0.39 is 4.92 Å². The average molecular weight is 347 g/mol. The third-order valence-corrected chi connectivity index (χ3v) is 5.06. The zero-order valence-corrected chi connectivity index (χ0v) is 14.0. The first-order valence-corrected chi connectivity index (χ1v) is 8.49. The van der Waals surface area contributed by atoms with Crippen LogP contribution in [0.5, 0.6) is 0 Å². The Kier molecular flexibility index (Phi) is 4.70. The van der Waals surface area contributed by atoms with Crippen molar-refractivity contribution in [3.63, 3.8) is 0 Å². The monoisotopic (exact) mass is 347 g/mol. The molecule has 1 atom stereocenters. The topological polar surface area (TPSA) is 101 Å². The first-order chi connectivity index (χ1) is 11.5. The van der Waals surface area contributed by atoms with Crippen molar-refractivity contribution in [2.45, 2.75) is 25.7 Å². The van der Waals surface area contributed by atoms with Gasteiger partial charge in [0.05, 0.1) is 9.93 Å². The normalized spacial score (nSPS) is 17.5. The van der Waals surface area contributed by atoms with E-state index in [2.05, 4.69) is 15.3 Å². The summed E-state index contributed by atoms with van der Waals surface area (Å²) in [7, 11) is 0. The maximum absolute atomic E-state index is 12.5. The van der Waals surface area contributed by atoms with Gasteiger partial charge >= 0.3 is 11.7 Å². The van der Waals surface area contributed by atoms with Crippen LogP contribution in [-0.2, 0) is 0 Å². The fourth-order valence-corrected chi connectivity index (χ4v) is 3.68. The number of piperidine rings is 1. The number of aromatic nitrogens is 2. The van der Waals surface area contributed by atoms with Crippen LogP contribution in [0.1, 0.15) is 29.5 Å². The van der Waals surface area contributed by atoms with Gasteiger partial charge in [-0.05, 0) is 25.8 Å². The van der Waals surface area contributed by atoms with Crippen LogP contribution in [0.3, 0.4) is 0 Å². The van der Waals surface area contributed by atoms with Gasteiger partial charge in [-0.3, -0.25) is 15.1 Å². The summed E-state index contributed by atoms with van der Waals surface area (Å²) in [6.45, 7) is 3.15. The lowest BCUT2D eigenvalue weighted by Crippen LogP contribution is -2.41.